The highest BCUT2D eigenvalue weighted by atomic mass is 32.2. The van der Waals surface area contributed by atoms with E-state index in [1.54, 1.807) is 24.3 Å². The van der Waals surface area contributed by atoms with Crippen LogP contribution in [0.3, 0.4) is 0 Å². The van der Waals surface area contributed by atoms with E-state index in [-0.39, 0.29) is 11.7 Å². The van der Waals surface area contributed by atoms with Crippen molar-refractivity contribution in [2.75, 3.05) is 11.1 Å². The average Bonchev–Trinajstić information content (AvgIpc) is 2.41. The minimum absolute atomic E-state index is 0.0348. The second-order valence-electron chi connectivity index (χ2n) is 4.15. The quantitative estimate of drug-likeness (QED) is 0.839. The van der Waals surface area contributed by atoms with Crippen LogP contribution in [0, 0.1) is 6.92 Å². The molecule has 0 bridgehead atoms. The SMILES string of the molecule is Cc1ccccc1NC(=O)CSc1ccc(O)cc1. The first kappa shape index (κ1) is 13.5. The highest BCUT2D eigenvalue weighted by molar-refractivity contribution is 8.00. The molecule has 0 aromatic heterocycles. The van der Waals surface area contributed by atoms with Crippen LogP contribution in [-0.4, -0.2) is 16.8 Å². The van der Waals surface area contributed by atoms with Crippen molar-refractivity contribution in [1.29, 1.82) is 0 Å². The molecule has 2 aromatic rings. The Labute approximate surface area is 116 Å². The number of para-hydroxylation sites is 1. The molecular formula is C15H15NO2S. The topological polar surface area (TPSA) is 49.3 Å². The summed E-state index contributed by atoms with van der Waals surface area (Å²) in [5.41, 5.74) is 1.89. The van der Waals surface area contributed by atoms with Crippen LogP contribution in [-0.2, 0) is 4.79 Å². The molecule has 19 heavy (non-hydrogen) atoms. The van der Waals surface area contributed by atoms with Gasteiger partial charge in [0.15, 0.2) is 0 Å². The summed E-state index contributed by atoms with van der Waals surface area (Å²) in [5.74, 6) is 0.542. The third kappa shape index (κ3) is 4.03. The molecule has 1 amide bonds. The van der Waals surface area contributed by atoms with Gasteiger partial charge in [0.2, 0.25) is 5.91 Å². The second-order valence-corrected chi connectivity index (χ2v) is 5.19. The zero-order valence-electron chi connectivity index (χ0n) is 10.6. The lowest BCUT2D eigenvalue weighted by Crippen LogP contribution is -2.14. The van der Waals surface area contributed by atoms with Gasteiger partial charge in [0.1, 0.15) is 5.75 Å². The van der Waals surface area contributed by atoms with E-state index in [1.165, 1.54) is 11.8 Å². The van der Waals surface area contributed by atoms with Gasteiger partial charge in [-0.2, -0.15) is 0 Å². The molecule has 0 radical (unpaired) electrons. The fraction of sp³-hybridized carbons (Fsp3) is 0.133. The number of nitrogens with one attached hydrogen (secondary N) is 1. The highest BCUT2D eigenvalue weighted by Crippen LogP contribution is 2.21. The number of phenols is 1. The van der Waals surface area contributed by atoms with Gasteiger partial charge in [0.05, 0.1) is 5.75 Å². The first-order valence-electron chi connectivity index (χ1n) is 5.92. The van der Waals surface area contributed by atoms with E-state index >= 15 is 0 Å². The molecule has 0 saturated heterocycles. The number of aromatic hydroxyl groups is 1. The van der Waals surface area contributed by atoms with Gasteiger partial charge >= 0.3 is 0 Å². The Balaban J connectivity index is 1.88. The first-order valence-corrected chi connectivity index (χ1v) is 6.91. The Kier molecular flexibility index (Phi) is 4.47. The van der Waals surface area contributed by atoms with Gasteiger partial charge < -0.3 is 10.4 Å². The van der Waals surface area contributed by atoms with Crippen molar-refractivity contribution in [2.24, 2.45) is 0 Å². The summed E-state index contributed by atoms with van der Waals surface area (Å²) in [7, 11) is 0. The normalized spacial score (nSPS) is 10.2. The van der Waals surface area contributed by atoms with Crippen LogP contribution in [0.5, 0.6) is 5.75 Å². The standard InChI is InChI=1S/C15H15NO2S/c1-11-4-2-3-5-14(11)16-15(18)10-19-13-8-6-12(17)7-9-13/h2-9,17H,10H2,1H3,(H,16,18). The molecule has 0 saturated carbocycles. The molecule has 0 aliphatic heterocycles. The van der Waals surface area contributed by atoms with E-state index in [9.17, 15) is 9.90 Å². The lowest BCUT2D eigenvalue weighted by atomic mass is 10.2. The van der Waals surface area contributed by atoms with E-state index in [1.807, 2.05) is 31.2 Å². The van der Waals surface area contributed by atoms with Gasteiger partial charge in [-0.25, -0.2) is 0 Å². The summed E-state index contributed by atoms with van der Waals surface area (Å²) in [4.78, 5) is 12.8. The Morgan fingerprint density at radius 1 is 1.16 bits per heavy atom. The summed E-state index contributed by atoms with van der Waals surface area (Å²) < 4.78 is 0. The number of amides is 1. The minimum Gasteiger partial charge on any atom is -0.508 e. The molecule has 0 unspecified atom stereocenters. The molecule has 4 heteroatoms. The summed E-state index contributed by atoms with van der Waals surface area (Å²) in [6.07, 6.45) is 0. The molecule has 0 fully saturated rings. The van der Waals surface area contributed by atoms with Crippen LogP contribution in [0.15, 0.2) is 53.4 Å². The maximum absolute atomic E-state index is 11.8. The van der Waals surface area contributed by atoms with Crippen molar-refractivity contribution in [3.05, 3.63) is 54.1 Å². The summed E-state index contributed by atoms with van der Waals surface area (Å²) >= 11 is 1.44. The van der Waals surface area contributed by atoms with Gasteiger partial charge in [-0.3, -0.25) is 4.79 Å². The summed E-state index contributed by atoms with van der Waals surface area (Å²) in [6, 6.07) is 14.5. The molecule has 98 valence electrons. The van der Waals surface area contributed by atoms with Crippen molar-refractivity contribution in [3.63, 3.8) is 0 Å². The number of hydrogen-bond donors (Lipinski definition) is 2. The molecule has 0 atom stereocenters. The lowest BCUT2D eigenvalue weighted by molar-refractivity contribution is -0.113. The predicted molar refractivity (Wildman–Crippen MR) is 78.6 cm³/mol. The molecule has 0 aliphatic rings. The maximum Gasteiger partial charge on any atom is 0.234 e. The third-order valence-corrected chi connectivity index (χ3v) is 3.64. The molecule has 2 aromatic carbocycles. The van der Waals surface area contributed by atoms with Crippen molar-refractivity contribution >= 4 is 23.4 Å². The lowest BCUT2D eigenvalue weighted by Gasteiger charge is -2.07. The van der Waals surface area contributed by atoms with E-state index in [2.05, 4.69) is 5.32 Å². The number of rotatable bonds is 4. The van der Waals surface area contributed by atoms with Crippen LogP contribution in [0.2, 0.25) is 0 Å². The van der Waals surface area contributed by atoms with Crippen LogP contribution in [0.25, 0.3) is 0 Å². The second kappa shape index (κ2) is 6.29. The van der Waals surface area contributed by atoms with E-state index < -0.39 is 0 Å². The number of anilines is 1. The van der Waals surface area contributed by atoms with Crippen LogP contribution >= 0.6 is 11.8 Å². The van der Waals surface area contributed by atoms with Crippen molar-refractivity contribution in [1.82, 2.24) is 0 Å². The monoisotopic (exact) mass is 273 g/mol. The Morgan fingerprint density at radius 3 is 2.53 bits per heavy atom. The summed E-state index contributed by atoms with van der Waals surface area (Å²) in [6.45, 7) is 1.96. The molecule has 0 spiro atoms. The smallest absolute Gasteiger partial charge is 0.234 e. The van der Waals surface area contributed by atoms with Gasteiger partial charge in [0.25, 0.3) is 0 Å². The Bertz CT molecular complexity index is 567. The minimum atomic E-state index is -0.0348. The largest absolute Gasteiger partial charge is 0.508 e. The van der Waals surface area contributed by atoms with Crippen LogP contribution < -0.4 is 5.32 Å². The number of carbonyl (C=O) groups excluding carboxylic acids is 1. The molecule has 3 nitrogen and oxygen atoms in total. The number of aryl methyl sites for hydroxylation is 1. The first-order chi connectivity index (χ1) is 9.15. The number of phenolic OH excluding ortho intramolecular Hbond substituents is 1. The van der Waals surface area contributed by atoms with Gasteiger partial charge in [0, 0.05) is 10.6 Å². The van der Waals surface area contributed by atoms with Crippen LogP contribution in [0.4, 0.5) is 5.69 Å². The molecule has 2 N–H and O–H groups in total. The molecule has 2 rings (SSSR count). The number of thioether (sulfide) groups is 1. The third-order valence-electron chi connectivity index (χ3n) is 2.63. The average molecular weight is 273 g/mol. The zero-order valence-corrected chi connectivity index (χ0v) is 11.4. The Hall–Kier alpha value is -1.94. The Morgan fingerprint density at radius 2 is 1.84 bits per heavy atom. The summed E-state index contributed by atoms with van der Waals surface area (Å²) in [5, 5.41) is 12.1. The number of hydrogen-bond acceptors (Lipinski definition) is 3. The van der Waals surface area contributed by atoms with E-state index in [0.717, 1.165) is 16.1 Å². The maximum atomic E-state index is 11.8. The van der Waals surface area contributed by atoms with Crippen molar-refractivity contribution in [2.45, 2.75) is 11.8 Å². The fourth-order valence-electron chi connectivity index (χ4n) is 1.59. The fourth-order valence-corrected chi connectivity index (χ4v) is 2.29. The molecule has 0 heterocycles. The van der Waals surface area contributed by atoms with Gasteiger partial charge in [-0.1, -0.05) is 18.2 Å². The van der Waals surface area contributed by atoms with E-state index in [4.69, 9.17) is 0 Å². The number of carbonyl (C=O) groups is 1. The van der Waals surface area contributed by atoms with Crippen LogP contribution in [0.1, 0.15) is 5.56 Å². The zero-order chi connectivity index (χ0) is 13.7. The molecule has 0 aliphatic carbocycles. The van der Waals surface area contributed by atoms with Crippen molar-refractivity contribution in [3.8, 4) is 5.75 Å². The predicted octanol–water partition coefficient (Wildman–Crippen LogP) is 3.43. The van der Waals surface area contributed by atoms with Gasteiger partial charge in [-0.15, -0.1) is 11.8 Å². The van der Waals surface area contributed by atoms with Crippen molar-refractivity contribution < 1.29 is 9.90 Å². The van der Waals surface area contributed by atoms with E-state index in [0.29, 0.717) is 5.75 Å². The number of benzene rings is 2. The molecular weight excluding hydrogens is 258 g/mol. The highest BCUT2D eigenvalue weighted by Gasteiger charge is 2.05. The van der Waals surface area contributed by atoms with Gasteiger partial charge in [-0.05, 0) is 42.8 Å².